The van der Waals surface area contributed by atoms with Crippen LogP contribution in [0.4, 0.5) is 21.0 Å². The number of benzene rings is 2. The molecule has 12 nitrogen and oxygen atoms in total. The zero-order valence-corrected chi connectivity index (χ0v) is 27.0. The molecule has 2 heterocycles. The van der Waals surface area contributed by atoms with E-state index in [2.05, 4.69) is 0 Å². The number of nitrogen functional groups attached to an aromatic ring is 1. The molecule has 2 atom stereocenters. The van der Waals surface area contributed by atoms with E-state index in [1.54, 1.807) is 28.9 Å². The van der Waals surface area contributed by atoms with Crippen molar-refractivity contribution in [3.63, 3.8) is 0 Å². The van der Waals surface area contributed by atoms with Gasteiger partial charge < -0.3 is 34.5 Å². The minimum Gasteiger partial charge on any atom is -0.488 e. The topological polar surface area (TPSA) is 147 Å². The maximum absolute atomic E-state index is 12.0. The number of amides is 2. The van der Waals surface area contributed by atoms with Crippen LogP contribution >= 0.6 is 0 Å². The Bertz CT molecular complexity index is 1330. The minimum atomic E-state index is -0.535. The number of nitro benzene ring substituents is 1. The summed E-state index contributed by atoms with van der Waals surface area (Å²) in [4.78, 5) is 37.9. The first-order valence-corrected chi connectivity index (χ1v) is 14.8. The first-order valence-electron chi connectivity index (χ1n) is 14.8. The third-order valence-corrected chi connectivity index (χ3v) is 6.96. The van der Waals surface area contributed by atoms with Crippen LogP contribution in [0, 0.1) is 24.0 Å². The summed E-state index contributed by atoms with van der Waals surface area (Å²) in [6.45, 7) is 16.8. The summed E-state index contributed by atoms with van der Waals surface area (Å²) in [5, 5.41) is 11.0. The van der Waals surface area contributed by atoms with E-state index in [0.717, 1.165) is 23.4 Å². The molecule has 0 spiro atoms. The largest absolute Gasteiger partial charge is 0.488 e. The van der Waals surface area contributed by atoms with Crippen LogP contribution in [0.5, 0.6) is 11.5 Å². The Balaban J connectivity index is 0.000000241. The van der Waals surface area contributed by atoms with Gasteiger partial charge in [-0.25, -0.2) is 9.59 Å². The Kier molecular flexibility index (Phi) is 10.9. The molecule has 2 aliphatic rings. The van der Waals surface area contributed by atoms with E-state index in [1.165, 1.54) is 6.07 Å². The lowest BCUT2D eigenvalue weighted by Gasteiger charge is -2.24. The molecule has 4 rings (SSSR count). The monoisotopic (exact) mass is 614 g/mol. The summed E-state index contributed by atoms with van der Waals surface area (Å²) in [5.41, 5.74) is 7.05. The minimum absolute atomic E-state index is 0.0157. The van der Waals surface area contributed by atoms with Gasteiger partial charge in [0.15, 0.2) is 0 Å². The van der Waals surface area contributed by atoms with Gasteiger partial charge in [-0.15, -0.1) is 0 Å². The predicted octanol–water partition coefficient (Wildman–Crippen LogP) is 6.26. The molecule has 2 aromatic rings. The van der Waals surface area contributed by atoms with Crippen molar-refractivity contribution in [3.05, 3.63) is 57.6 Å². The lowest BCUT2D eigenvalue weighted by Crippen LogP contribution is -2.36. The van der Waals surface area contributed by atoms with Crippen LogP contribution in [0.2, 0.25) is 0 Å². The summed E-state index contributed by atoms with van der Waals surface area (Å²) in [6.07, 6.45) is 0.619. The molecule has 0 aromatic heterocycles. The first-order chi connectivity index (χ1) is 20.4. The maximum atomic E-state index is 12.0. The molecule has 2 N–H and O–H groups in total. The van der Waals surface area contributed by atoms with Crippen molar-refractivity contribution in [1.82, 2.24) is 9.80 Å². The van der Waals surface area contributed by atoms with Crippen molar-refractivity contribution in [2.24, 2.45) is 0 Å². The number of likely N-dealkylation sites (tertiary alicyclic amines) is 2. The molecule has 2 aliphatic heterocycles. The standard InChI is InChI=1S/C16H22N2O5.C16H24N2O3/c1-11-13(18(20)21)6-5-7-14(11)22-12-8-9-17(10-12)15(19)23-16(2,3)4;1-11-13(17)6-5-7-14(11)20-12-8-9-18(10-12)15(19)21-16(2,3)4/h5-7,12H,8-10H2,1-4H3;5-7,12H,8-10,17H2,1-4H3. The number of hydrogen-bond acceptors (Lipinski definition) is 9. The van der Waals surface area contributed by atoms with E-state index >= 15 is 0 Å². The van der Waals surface area contributed by atoms with E-state index in [-0.39, 0.29) is 30.1 Å². The van der Waals surface area contributed by atoms with Gasteiger partial charge in [-0.3, -0.25) is 10.1 Å². The zero-order chi connectivity index (χ0) is 32.8. The molecule has 44 heavy (non-hydrogen) atoms. The number of hydrogen-bond donors (Lipinski definition) is 1. The van der Waals surface area contributed by atoms with E-state index in [9.17, 15) is 19.7 Å². The van der Waals surface area contributed by atoms with Crippen molar-refractivity contribution in [2.75, 3.05) is 31.9 Å². The van der Waals surface area contributed by atoms with Gasteiger partial charge in [0.2, 0.25) is 0 Å². The highest BCUT2D eigenvalue weighted by molar-refractivity contribution is 5.69. The average Bonchev–Trinajstić information content (AvgIpc) is 3.56. The fourth-order valence-electron chi connectivity index (χ4n) is 4.68. The Morgan fingerprint density at radius 3 is 1.66 bits per heavy atom. The average molecular weight is 615 g/mol. The second-order valence-electron chi connectivity index (χ2n) is 13.0. The van der Waals surface area contributed by atoms with Crippen LogP contribution in [0.1, 0.15) is 65.5 Å². The van der Waals surface area contributed by atoms with E-state index < -0.39 is 16.1 Å². The molecule has 0 aliphatic carbocycles. The SMILES string of the molecule is Cc1c(N)cccc1OC1CCN(C(=O)OC(C)(C)C)C1.Cc1c(OC2CCN(C(=O)OC(C)(C)C)C2)cccc1[N+](=O)[O-]. The van der Waals surface area contributed by atoms with Gasteiger partial charge in [0.1, 0.15) is 34.9 Å². The van der Waals surface area contributed by atoms with Crippen LogP contribution in [0.3, 0.4) is 0 Å². The number of nitrogens with two attached hydrogens (primary N) is 1. The third-order valence-electron chi connectivity index (χ3n) is 6.96. The predicted molar refractivity (Wildman–Crippen MR) is 167 cm³/mol. The number of ether oxygens (including phenoxy) is 4. The lowest BCUT2D eigenvalue weighted by atomic mass is 10.2. The lowest BCUT2D eigenvalue weighted by molar-refractivity contribution is -0.385. The maximum Gasteiger partial charge on any atom is 0.410 e. The molecule has 2 saturated heterocycles. The van der Waals surface area contributed by atoms with Gasteiger partial charge in [-0.05, 0) is 73.6 Å². The summed E-state index contributed by atoms with van der Waals surface area (Å²) in [6, 6.07) is 10.4. The van der Waals surface area contributed by atoms with E-state index in [0.29, 0.717) is 43.9 Å². The normalized spacial score (nSPS) is 18.3. The van der Waals surface area contributed by atoms with Crippen LogP contribution in [-0.2, 0) is 9.47 Å². The molecule has 242 valence electrons. The third kappa shape index (κ3) is 9.92. The van der Waals surface area contributed by atoms with Crippen LogP contribution in [0.25, 0.3) is 0 Å². The molecule has 0 bridgehead atoms. The summed E-state index contributed by atoms with van der Waals surface area (Å²) < 4.78 is 22.5. The summed E-state index contributed by atoms with van der Waals surface area (Å²) in [5.74, 6) is 1.27. The summed E-state index contributed by atoms with van der Waals surface area (Å²) >= 11 is 0. The van der Waals surface area contributed by atoms with Crippen molar-refractivity contribution in [3.8, 4) is 11.5 Å². The number of carbonyl (C=O) groups is 2. The molecule has 2 unspecified atom stereocenters. The Labute approximate surface area is 259 Å². The number of nitro groups is 1. The van der Waals surface area contributed by atoms with Crippen molar-refractivity contribution >= 4 is 23.6 Å². The molecule has 2 aromatic carbocycles. The molecular formula is C32H46N4O8. The van der Waals surface area contributed by atoms with Crippen LogP contribution in [-0.4, -0.2) is 76.5 Å². The second kappa shape index (κ2) is 14.0. The van der Waals surface area contributed by atoms with Gasteiger partial charge in [-0.2, -0.15) is 0 Å². The smallest absolute Gasteiger partial charge is 0.410 e. The fourth-order valence-corrected chi connectivity index (χ4v) is 4.68. The quantitative estimate of drug-likeness (QED) is 0.234. The van der Waals surface area contributed by atoms with Crippen LogP contribution < -0.4 is 15.2 Å². The molecular weight excluding hydrogens is 568 g/mol. The zero-order valence-electron chi connectivity index (χ0n) is 27.0. The fraction of sp³-hybridized carbons (Fsp3) is 0.562. The molecule has 12 heteroatoms. The summed E-state index contributed by atoms with van der Waals surface area (Å²) in [7, 11) is 0. The van der Waals surface area contributed by atoms with Gasteiger partial charge in [0.05, 0.1) is 23.6 Å². The number of anilines is 1. The van der Waals surface area contributed by atoms with Crippen molar-refractivity contribution in [1.29, 1.82) is 0 Å². The van der Waals surface area contributed by atoms with Gasteiger partial charge >= 0.3 is 12.2 Å². The van der Waals surface area contributed by atoms with Gasteiger partial charge in [0.25, 0.3) is 5.69 Å². The molecule has 0 radical (unpaired) electrons. The number of nitrogens with zero attached hydrogens (tertiary/aromatic N) is 3. The van der Waals surface area contributed by atoms with Crippen molar-refractivity contribution in [2.45, 2.75) is 91.6 Å². The van der Waals surface area contributed by atoms with E-state index in [4.69, 9.17) is 24.7 Å². The molecule has 2 fully saturated rings. The Morgan fingerprint density at radius 2 is 1.23 bits per heavy atom. The number of rotatable bonds is 5. The van der Waals surface area contributed by atoms with Crippen molar-refractivity contribution < 1.29 is 33.5 Å². The highest BCUT2D eigenvalue weighted by atomic mass is 16.6. The second-order valence-corrected chi connectivity index (χ2v) is 13.0. The highest BCUT2D eigenvalue weighted by Gasteiger charge is 2.32. The van der Waals surface area contributed by atoms with E-state index in [1.807, 2.05) is 66.7 Å². The van der Waals surface area contributed by atoms with Gasteiger partial charge in [0, 0.05) is 43.2 Å². The number of carbonyl (C=O) groups excluding carboxylic acids is 2. The Morgan fingerprint density at radius 1 is 0.795 bits per heavy atom. The molecule has 2 amide bonds. The first kappa shape index (κ1) is 34.3. The highest BCUT2D eigenvalue weighted by Crippen LogP contribution is 2.30. The Hall–Kier alpha value is -4.22. The van der Waals surface area contributed by atoms with Gasteiger partial charge in [-0.1, -0.05) is 12.1 Å². The van der Waals surface area contributed by atoms with Crippen LogP contribution in [0.15, 0.2) is 36.4 Å². The molecule has 0 saturated carbocycles.